The summed E-state index contributed by atoms with van der Waals surface area (Å²) < 4.78 is 0. The van der Waals surface area contributed by atoms with Crippen LogP contribution < -0.4 is 4.90 Å². The molecule has 0 aliphatic carbocycles. The van der Waals surface area contributed by atoms with Crippen LogP contribution in [0.1, 0.15) is 12.5 Å². The lowest BCUT2D eigenvalue weighted by atomic mass is 10.2. The van der Waals surface area contributed by atoms with Gasteiger partial charge in [0.05, 0.1) is 4.83 Å². The highest BCUT2D eigenvalue weighted by Crippen LogP contribution is 2.28. The number of carbonyl (C=O) groups is 1. The van der Waals surface area contributed by atoms with E-state index in [1.165, 1.54) is 5.56 Å². The van der Waals surface area contributed by atoms with Crippen molar-refractivity contribution in [3.63, 3.8) is 0 Å². The molecule has 0 N–H and O–H groups in total. The Bertz CT molecular complexity index is 362. The van der Waals surface area contributed by atoms with Gasteiger partial charge in [-0.2, -0.15) is 0 Å². The summed E-state index contributed by atoms with van der Waals surface area (Å²) in [5.74, 6) is 0.148. The predicted molar refractivity (Wildman–Crippen MR) is 60.9 cm³/mol. The minimum absolute atomic E-state index is 0.103. The van der Waals surface area contributed by atoms with Gasteiger partial charge in [0, 0.05) is 12.2 Å². The second-order valence-electron chi connectivity index (χ2n) is 3.48. The fourth-order valence-electron chi connectivity index (χ4n) is 1.78. The number of halogens is 1. The largest absolute Gasteiger partial charge is 0.311 e. The van der Waals surface area contributed by atoms with E-state index in [-0.39, 0.29) is 10.7 Å². The van der Waals surface area contributed by atoms with Crippen LogP contribution in [0.5, 0.6) is 0 Å². The van der Waals surface area contributed by atoms with Gasteiger partial charge in [0.2, 0.25) is 5.91 Å². The molecule has 1 unspecified atom stereocenters. The number of carbonyl (C=O) groups excluding carboxylic acids is 1. The summed E-state index contributed by atoms with van der Waals surface area (Å²) in [4.78, 5) is 13.5. The number of hydrogen-bond donors (Lipinski definition) is 0. The van der Waals surface area contributed by atoms with Crippen LogP contribution in [0.25, 0.3) is 0 Å². The van der Waals surface area contributed by atoms with Crippen molar-refractivity contribution < 1.29 is 4.79 Å². The number of amides is 1. The van der Waals surface area contributed by atoms with Crippen LogP contribution in [-0.4, -0.2) is 17.3 Å². The second kappa shape index (κ2) is 3.73. The average molecular weight is 254 g/mol. The summed E-state index contributed by atoms with van der Waals surface area (Å²) in [7, 11) is 0. The van der Waals surface area contributed by atoms with Gasteiger partial charge in [-0.25, -0.2) is 0 Å². The van der Waals surface area contributed by atoms with E-state index in [0.717, 1.165) is 18.7 Å². The molecule has 1 amide bonds. The van der Waals surface area contributed by atoms with Crippen molar-refractivity contribution >= 4 is 27.5 Å². The summed E-state index contributed by atoms with van der Waals surface area (Å²) in [6.07, 6.45) is 0.974. The summed E-state index contributed by atoms with van der Waals surface area (Å²) in [5, 5.41) is 0. The topological polar surface area (TPSA) is 20.3 Å². The van der Waals surface area contributed by atoms with E-state index in [4.69, 9.17) is 0 Å². The van der Waals surface area contributed by atoms with Gasteiger partial charge in [0.25, 0.3) is 0 Å². The molecule has 3 heteroatoms. The molecule has 1 atom stereocenters. The molecule has 2 nitrogen and oxygen atoms in total. The quantitative estimate of drug-likeness (QED) is 0.704. The first-order chi connectivity index (χ1) is 6.70. The summed E-state index contributed by atoms with van der Waals surface area (Å²) >= 11 is 3.31. The molecule has 0 fully saturated rings. The molecule has 74 valence electrons. The maximum atomic E-state index is 11.8. The zero-order valence-corrected chi connectivity index (χ0v) is 9.62. The molecule has 0 radical (unpaired) electrons. The Balaban J connectivity index is 2.30. The van der Waals surface area contributed by atoms with E-state index < -0.39 is 0 Å². The van der Waals surface area contributed by atoms with Crippen molar-refractivity contribution in [2.45, 2.75) is 18.2 Å². The molecule has 2 rings (SSSR count). The third-order valence-corrected chi connectivity index (χ3v) is 2.89. The van der Waals surface area contributed by atoms with E-state index in [1.54, 1.807) is 0 Å². The van der Waals surface area contributed by atoms with E-state index in [9.17, 15) is 4.79 Å². The SMILES string of the molecule is CC(Br)C(=O)N1CCc2ccccc21. The molecule has 0 bridgehead atoms. The van der Waals surface area contributed by atoms with Gasteiger partial charge in [0.15, 0.2) is 0 Å². The Labute approximate surface area is 92.0 Å². The lowest BCUT2D eigenvalue weighted by molar-refractivity contribution is -0.117. The summed E-state index contributed by atoms with van der Waals surface area (Å²) in [6, 6.07) is 8.09. The second-order valence-corrected chi connectivity index (χ2v) is 4.86. The molecule has 1 aliphatic heterocycles. The van der Waals surface area contributed by atoms with Gasteiger partial charge in [0.1, 0.15) is 0 Å². The van der Waals surface area contributed by atoms with Crippen molar-refractivity contribution in [1.82, 2.24) is 0 Å². The fraction of sp³-hybridized carbons (Fsp3) is 0.364. The summed E-state index contributed by atoms with van der Waals surface area (Å²) in [5.41, 5.74) is 2.35. The molecule has 1 aromatic rings. The van der Waals surface area contributed by atoms with Crippen LogP contribution in [0.15, 0.2) is 24.3 Å². The van der Waals surface area contributed by atoms with Gasteiger partial charge in [-0.05, 0) is 25.0 Å². The van der Waals surface area contributed by atoms with Gasteiger partial charge in [-0.15, -0.1) is 0 Å². The molecule has 0 spiro atoms. The van der Waals surface area contributed by atoms with Crippen molar-refractivity contribution in [3.05, 3.63) is 29.8 Å². The van der Waals surface area contributed by atoms with Crippen molar-refractivity contribution in [1.29, 1.82) is 0 Å². The number of rotatable bonds is 1. The predicted octanol–water partition coefficient (Wildman–Crippen LogP) is 2.36. The molecule has 14 heavy (non-hydrogen) atoms. The number of para-hydroxylation sites is 1. The van der Waals surface area contributed by atoms with Crippen LogP contribution >= 0.6 is 15.9 Å². The Morgan fingerprint density at radius 3 is 2.93 bits per heavy atom. The highest BCUT2D eigenvalue weighted by atomic mass is 79.9. The highest BCUT2D eigenvalue weighted by Gasteiger charge is 2.26. The monoisotopic (exact) mass is 253 g/mol. The number of alkyl halides is 1. The number of fused-ring (bicyclic) bond motifs is 1. The molecular weight excluding hydrogens is 242 g/mol. The standard InChI is InChI=1S/C11H12BrNO/c1-8(12)11(14)13-7-6-9-4-2-3-5-10(9)13/h2-5,8H,6-7H2,1H3. The van der Waals surface area contributed by atoms with Crippen LogP contribution in [0.2, 0.25) is 0 Å². The van der Waals surface area contributed by atoms with Gasteiger partial charge in [-0.1, -0.05) is 34.1 Å². The minimum Gasteiger partial charge on any atom is -0.311 e. The van der Waals surface area contributed by atoms with Crippen LogP contribution in [0.3, 0.4) is 0 Å². The molecular formula is C11H12BrNO. The maximum Gasteiger partial charge on any atom is 0.240 e. The van der Waals surface area contributed by atoms with Crippen molar-refractivity contribution in [2.24, 2.45) is 0 Å². The lowest BCUT2D eigenvalue weighted by Gasteiger charge is -2.18. The number of benzene rings is 1. The Morgan fingerprint density at radius 2 is 2.21 bits per heavy atom. The normalized spacial score (nSPS) is 16.6. The van der Waals surface area contributed by atoms with Crippen molar-refractivity contribution in [3.8, 4) is 0 Å². The van der Waals surface area contributed by atoms with E-state index in [1.807, 2.05) is 30.0 Å². The van der Waals surface area contributed by atoms with Crippen molar-refractivity contribution in [2.75, 3.05) is 11.4 Å². The zero-order valence-electron chi connectivity index (χ0n) is 8.03. The molecule has 0 saturated carbocycles. The van der Waals surface area contributed by atoms with E-state index >= 15 is 0 Å². The van der Waals surface area contributed by atoms with Gasteiger partial charge < -0.3 is 4.90 Å². The van der Waals surface area contributed by atoms with Crippen LogP contribution in [0, 0.1) is 0 Å². The molecule has 0 aromatic heterocycles. The smallest absolute Gasteiger partial charge is 0.240 e. The van der Waals surface area contributed by atoms with Crippen LogP contribution in [-0.2, 0) is 11.2 Å². The third-order valence-electron chi connectivity index (χ3n) is 2.49. The Hall–Kier alpha value is -0.830. The zero-order chi connectivity index (χ0) is 10.1. The first-order valence-electron chi connectivity index (χ1n) is 4.73. The Morgan fingerprint density at radius 1 is 1.50 bits per heavy atom. The number of anilines is 1. The minimum atomic E-state index is -0.103. The molecule has 1 aromatic carbocycles. The van der Waals surface area contributed by atoms with Crippen LogP contribution in [0.4, 0.5) is 5.69 Å². The first-order valence-corrected chi connectivity index (χ1v) is 5.65. The molecule has 1 heterocycles. The first kappa shape index (κ1) is 9.71. The maximum absolute atomic E-state index is 11.8. The molecule has 0 saturated heterocycles. The number of hydrogen-bond acceptors (Lipinski definition) is 1. The van der Waals surface area contributed by atoms with E-state index in [0.29, 0.717) is 0 Å². The lowest BCUT2D eigenvalue weighted by Crippen LogP contribution is -2.33. The van der Waals surface area contributed by atoms with Gasteiger partial charge >= 0.3 is 0 Å². The fourth-order valence-corrected chi connectivity index (χ4v) is 2.03. The number of nitrogens with zero attached hydrogens (tertiary/aromatic N) is 1. The highest BCUT2D eigenvalue weighted by molar-refractivity contribution is 9.10. The summed E-state index contributed by atoms with van der Waals surface area (Å²) in [6.45, 7) is 2.68. The molecule has 1 aliphatic rings. The van der Waals surface area contributed by atoms with E-state index in [2.05, 4.69) is 22.0 Å². The Kier molecular flexibility index (Phi) is 2.59. The van der Waals surface area contributed by atoms with Gasteiger partial charge in [-0.3, -0.25) is 4.79 Å². The third kappa shape index (κ3) is 1.57. The average Bonchev–Trinajstić information content (AvgIpc) is 2.60.